The van der Waals surface area contributed by atoms with Crippen LogP contribution < -0.4 is 5.32 Å². The molecule has 0 aromatic heterocycles. The summed E-state index contributed by atoms with van der Waals surface area (Å²) in [7, 11) is 1.49. The Labute approximate surface area is 118 Å². The lowest BCUT2D eigenvalue weighted by Gasteiger charge is -2.44. The Hall–Kier alpha value is -0.570. The number of rotatable bonds is 5. The second kappa shape index (κ2) is 6.25. The van der Waals surface area contributed by atoms with Crippen LogP contribution in [0.15, 0.2) is 0 Å². The topological polar surface area (TPSA) is 38.3 Å². The zero-order valence-corrected chi connectivity index (χ0v) is 13.5. The first kappa shape index (κ1) is 16.5. The summed E-state index contributed by atoms with van der Waals surface area (Å²) < 4.78 is 5.04. The van der Waals surface area contributed by atoms with Crippen molar-refractivity contribution >= 4 is 5.97 Å². The third kappa shape index (κ3) is 3.71. The van der Waals surface area contributed by atoms with Gasteiger partial charge in [0.15, 0.2) is 0 Å². The molecule has 1 saturated carbocycles. The maximum Gasteiger partial charge on any atom is 0.326 e. The van der Waals surface area contributed by atoms with Crippen molar-refractivity contribution in [1.29, 1.82) is 0 Å². The summed E-state index contributed by atoms with van der Waals surface area (Å²) in [6.45, 7) is 11.1. The summed E-state index contributed by atoms with van der Waals surface area (Å²) in [4.78, 5) is 12.2. The minimum Gasteiger partial charge on any atom is -0.468 e. The molecule has 0 spiro atoms. The Bertz CT molecular complexity index is 302. The van der Waals surface area contributed by atoms with Crippen molar-refractivity contribution in [2.45, 2.75) is 78.3 Å². The van der Waals surface area contributed by atoms with Gasteiger partial charge < -0.3 is 4.74 Å². The maximum absolute atomic E-state index is 12.2. The Morgan fingerprint density at radius 1 is 1.37 bits per heavy atom. The highest BCUT2D eigenvalue weighted by Gasteiger charge is 2.45. The van der Waals surface area contributed by atoms with E-state index >= 15 is 0 Å². The largest absolute Gasteiger partial charge is 0.468 e. The molecule has 0 saturated heterocycles. The van der Waals surface area contributed by atoms with Crippen molar-refractivity contribution in [2.24, 2.45) is 11.3 Å². The number of ether oxygens (including phenoxy) is 1. The van der Waals surface area contributed by atoms with E-state index in [4.69, 9.17) is 4.74 Å². The Balaban J connectivity index is 2.77. The highest BCUT2D eigenvalue weighted by Crippen LogP contribution is 2.43. The predicted octanol–water partition coefficient (Wildman–Crippen LogP) is 3.52. The van der Waals surface area contributed by atoms with Gasteiger partial charge in [-0.2, -0.15) is 0 Å². The summed E-state index contributed by atoms with van der Waals surface area (Å²) in [5, 5.41) is 3.46. The lowest BCUT2D eigenvalue weighted by molar-refractivity contribution is -0.151. The van der Waals surface area contributed by atoms with Gasteiger partial charge in [0.1, 0.15) is 5.54 Å². The number of hydrogen-bond donors (Lipinski definition) is 1. The van der Waals surface area contributed by atoms with Crippen LogP contribution in [0.4, 0.5) is 0 Å². The van der Waals surface area contributed by atoms with Crippen molar-refractivity contribution in [2.75, 3.05) is 7.11 Å². The van der Waals surface area contributed by atoms with Gasteiger partial charge in [0, 0.05) is 6.04 Å². The highest BCUT2D eigenvalue weighted by molar-refractivity contribution is 5.81. The van der Waals surface area contributed by atoms with Gasteiger partial charge in [-0.25, -0.2) is 0 Å². The fourth-order valence-electron chi connectivity index (χ4n) is 3.34. The van der Waals surface area contributed by atoms with Crippen molar-refractivity contribution in [3.05, 3.63) is 0 Å². The molecule has 112 valence electrons. The van der Waals surface area contributed by atoms with E-state index in [2.05, 4.69) is 39.9 Å². The van der Waals surface area contributed by atoms with Gasteiger partial charge in [0.2, 0.25) is 0 Å². The number of esters is 1. The molecule has 0 atom stereocenters. The molecule has 3 nitrogen and oxygen atoms in total. The number of nitrogens with one attached hydrogen (secondary N) is 1. The summed E-state index contributed by atoms with van der Waals surface area (Å²) in [5.41, 5.74) is -0.0800. The van der Waals surface area contributed by atoms with E-state index < -0.39 is 5.54 Å². The number of hydrogen-bond acceptors (Lipinski definition) is 3. The number of carbonyl (C=O) groups is 1. The lowest BCUT2D eigenvalue weighted by atomic mass is 9.65. The molecule has 0 heterocycles. The van der Waals surface area contributed by atoms with E-state index in [0.717, 1.165) is 25.7 Å². The minimum absolute atomic E-state index is 0.0889. The molecule has 1 aliphatic carbocycles. The quantitative estimate of drug-likeness (QED) is 0.776. The zero-order valence-electron chi connectivity index (χ0n) is 13.5. The monoisotopic (exact) mass is 269 g/mol. The normalized spacial score (nSPS) is 28.5. The standard InChI is InChI=1S/C16H31NO2/c1-7-15(4,5)13-8-10-16(11-9-13,14(18)19-6)17-12(2)3/h12-13,17H,7-11H2,1-6H3. The van der Waals surface area contributed by atoms with E-state index in [0.29, 0.717) is 17.4 Å². The zero-order chi connectivity index (χ0) is 14.7. The maximum atomic E-state index is 12.2. The van der Waals surface area contributed by atoms with Crippen molar-refractivity contribution in [3.63, 3.8) is 0 Å². The van der Waals surface area contributed by atoms with Crippen LogP contribution in [-0.2, 0) is 9.53 Å². The summed E-state index contributed by atoms with van der Waals surface area (Å²) in [6.07, 6.45) is 5.20. The van der Waals surface area contributed by atoms with Crippen LogP contribution in [-0.4, -0.2) is 24.7 Å². The van der Waals surface area contributed by atoms with Gasteiger partial charge in [0.25, 0.3) is 0 Å². The average Bonchev–Trinajstić information content (AvgIpc) is 2.37. The first-order chi connectivity index (χ1) is 8.77. The fourth-order valence-corrected chi connectivity index (χ4v) is 3.34. The molecule has 1 fully saturated rings. The second-order valence-corrected chi connectivity index (χ2v) is 6.99. The average molecular weight is 269 g/mol. The molecule has 0 aromatic carbocycles. The fraction of sp³-hybridized carbons (Fsp3) is 0.938. The van der Waals surface area contributed by atoms with Crippen molar-refractivity contribution in [1.82, 2.24) is 5.32 Å². The van der Waals surface area contributed by atoms with Crippen LogP contribution in [0.5, 0.6) is 0 Å². The van der Waals surface area contributed by atoms with Crippen LogP contribution in [0, 0.1) is 11.3 Å². The summed E-state index contributed by atoms with van der Waals surface area (Å²) in [5.74, 6) is 0.623. The Morgan fingerprint density at radius 2 is 1.89 bits per heavy atom. The molecular weight excluding hydrogens is 238 g/mol. The first-order valence-corrected chi connectivity index (χ1v) is 7.63. The van der Waals surface area contributed by atoms with E-state index in [1.165, 1.54) is 13.5 Å². The Morgan fingerprint density at radius 3 is 2.26 bits per heavy atom. The van der Waals surface area contributed by atoms with E-state index in [1.54, 1.807) is 0 Å². The molecule has 1 N–H and O–H groups in total. The molecule has 0 aliphatic heterocycles. The van der Waals surface area contributed by atoms with Crippen LogP contribution in [0.1, 0.15) is 66.7 Å². The van der Waals surface area contributed by atoms with Crippen molar-refractivity contribution in [3.8, 4) is 0 Å². The van der Waals surface area contributed by atoms with Crippen LogP contribution in [0.25, 0.3) is 0 Å². The number of methoxy groups -OCH3 is 1. The van der Waals surface area contributed by atoms with Crippen LogP contribution in [0.2, 0.25) is 0 Å². The predicted molar refractivity (Wildman–Crippen MR) is 79.0 cm³/mol. The van der Waals surface area contributed by atoms with Gasteiger partial charge in [-0.3, -0.25) is 10.1 Å². The van der Waals surface area contributed by atoms with E-state index in [1.807, 2.05) is 0 Å². The molecule has 1 aliphatic rings. The number of carbonyl (C=O) groups excluding carboxylic acids is 1. The van der Waals surface area contributed by atoms with Gasteiger partial charge in [-0.15, -0.1) is 0 Å². The minimum atomic E-state index is -0.455. The molecule has 0 bridgehead atoms. The molecular formula is C16H31NO2. The molecule has 0 radical (unpaired) electrons. The van der Waals surface area contributed by atoms with Gasteiger partial charge >= 0.3 is 5.97 Å². The first-order valence-electron chi connectivity index (χ1n) is 7.63. The van der Waals surface area contributed by atoms with Crippen molar-refractivity contribution < 1.29 is 9.53 Å². The Kier molecular flexibility index (Phi) is 5.43. The smallest absolute Gasteiger partial charge is 0.326 e. The second-order valence-electron chi connectivity index (χ2n) is 6.99. The van der Waals surface area contributed by atoms with Gasteiger partial charge in [-0.05, 0) is 50.9 Å². The molecule has 3 heteroatoms. The molecule has 0 unspecified atom stereocenters. The summed E-state index contributed by atoms with van der Waals surface area (Å²) >= 11 is 0. The third-order valence-electron chi connectivity index (χ3n) is 5.00. The lowest BCUT2D eigenvalue weighted by Crippen LogP contribution is -2.57. The van der Waals surface area contributed by atoms with Gasteiger partial charge in [-0.1, -0.05) is 27.2 Å². The summed E-state index contributed by atoms with van der Waals surface area (Å²) in [6, 6.07) is 0.301. The van der Waals surface area contributed by atoms with Crippen LogP contribution >= 0.6 is 0 Å². The van der Waals surface area contributed by atoms with Crippen LogP contribution in [0.3, 0.4) is 0 Å². The van der Waals surface area contributed by atoms with E-state index in [-0.39, 0.29) is 5.97 Å². The third-order valence-corrected chi connectivity index (χ3v) is 5.00. The van der Waals surface area contributed by atoms with Gasteiger partial charge in [0.05, 0.1) is 7.11 Å². The van der Waals surface area contributed by atoms with E-state index in [9.17, 15) is 4.79 Å². The molecule has 0 aromatic rings. The molecule has 19 heavy (non-hydrogen) atoms. The molecule has 1 rings (SSSR count). The SMILES string of the molecule is CCC(C)(C)C1CCC(NC(C)C)(C(=O)OC)CC1. The molecule has 0 amide bonds. The highest BCUT2D eigenvalue weighted by atomic mass is 16.5.